The molecule has 3 saturated heterocycles. The van der Waals surface area contributed by atoms with Gasteiger partial charge in [-0.25, -0.2) is 0 Å². The summed E-state index contributed by atoms with van der Waals surface area (Å²) in [5, 5.41) is 0. The average molecular weight is 464 g/mol. The van der Waals surface area contributed by atoms with Crippen LogP contribution < -0.4 is 0 Å². The quantitative estimate of drug-likeness (QED) is 0.271. The minimum atomic E-state index is -0.301. The molecule has 6 nitrogen and oxygen atoms in total. The number of piperidine rings is 2. The molecule has 3 aliphatic rings. The number of carbonyl (C=O) groups excluding carboxylic acids is 3. The van der Waals surface area contributed by atoms with Crippen LogP contribution in [-0.2, 0) is 19.1 Å². The van der Waals surface area contributed by atoms with Gasteiger partial charge in [-0.15, -0.1) is 0 Å². The van der Waals surface area contributed by atoms with Crippen molar-refractivity contribution in [2.24, 2.45) is 5.92 Å². The normalized spacial score (nSPS) is 26.7. The lowest BCUT2D eigenvalue weighted by molar-refractivity contribution is -0.147. The lowest BCUT2D eigenvalue weighted by Crippen LogP contribution is -2.49. The van der Waals surface area contributed by atoms with Crippen LogP contribution in [0.3, 0.4) is 0 Å². The van der Waals surface area contributed by atoms with Crippen molar-refractivity contribution < 1.29 is 19.1 Å². The molecule has 3 fully saturated rings. The monoisotopic (exact) mass is 464 g/mol. The average Bonchev–Trinajstić information content (AvgIpc) is 2.97. The zero-order valence-electron chi connectivity index (χ0n) is 15.0. The first-order chi connectivity index (χ1) is 12.1. The maximum Gasteiger partial charge on any atom is 0.307 e. The van der Waals surface area contributed by atoms with E-state index in [0.29, 0.717) is 18.6 Å². The van der Waals surface area contributed by atoms with Gasteiger partial charge in [0, 0.05) is 31.3 Å². The number of amides is 2. The molecule has 0 bridgehead atoms. The summed E-state index contributed by atoms with van der Waals surface area (Å²) in [6.07, 6.45) is 6.71. The molecule has 25 heavy (non-hydrogen) atoms. The van der Waals surface area contributed by atoms with Crippen LogP contribution in [0, 0.1) is 5.92 Å². The van der Waals surface area contributed by atoms with E-state index in [9.17, 15) is 14.4 Å². The lowest BCUT2D eigenvalue weighted by atomic mass is 9.84. The van der Waals surface area contributed by atoms with Crippen molar-refractivity contribution in [3.05, 3.63) is 0 Å². The predicted octanol–water partition coefficient (Wildman–Crippen LogP) is 2.38. The first kappa shape index (κ1) is 20.6. The Hall–Kier alpha value is -0.700. The molecule has 0 aromatic heterocycles. The van der Waals surface area contributed by atoms with Crippen LogP contribution in [0.4, 0.5) is 0 Å². The largest absolute Gasteiger partial charge is 0.465 e. The maximum atomic E-state index is 11.9. The summed E-state index contributed by atoms with van der Waals surface area (Å²) in [7, 11) is 0. The minimum absolute atomic E-state index is 0.110. The first-order valence-electron chi connectivity index (χ1n) is 9.26. The van der Waals surface area contributed by atoms with Crippen LogP contribution in [0.2, 0.25) is 0 Å². The van der Waals surface area contributed by atoms with E-state index < -0.39 is 0 Å². The Morgan fingerprint density at radius 3 is 2.48 bits per heavy atom. The molecule has 2 unspecified atom stereocenters. The number of carbonyl (C=O) groups is 3. The van der Waals surface area contributed by atoms with Gasteiger partial charge in [0.1, 0.15) is 0 Å². The van der Waals surface area contributed by atoms with Gasteiger partial charge in [0.15, 0.2) is 0 Å². The fourth-order valence-corrected chi connectivity index (χ4v) is 4.12. The van der Waals surface area contributed by atoms with Crippen LogP contribution in [-0.4, -0.2) is 64.8 Å². The number of alkyl halides is 1. The van der Waals surface area contributed by atoms with Gasteiger partial charge in [0.2, 0.25) is 11.8 Å². The van der Waals surface area contributed by atoms with Crippen molar-refractivity contribution in [3.8, 4) is 0 Å². The van der Waals surface area contributed by atoms with Gasteiger partial charge in [-0.2, -0.15) is 0 Å². The molecule has 0 aliphatic carbocycles. The molecule has 0 aromatic carbocycles. The van der Waals surface area contributed by atoms with E-state index in [1.54, 1.807) is 0 Å². The summed E-state index contributed by atoms with van der Waals surface area (Å²) in [5.74, 6) is -0.214. The van der Waals surface area contributed by atoms with Crippen LogP contribution in [0.5, 0.6) is 0 Å². The SMILES string of the molecule is CI.O=C(CCN1C(=O)CCC1=O)OCC1CCCN2CCCCC12. The number of imide groups is 1. The van der Waals surface area contributed by atoms with Gasteiger partial charge >= 0.3 is 5.97 Å². The molecule has 142 valence electrons. The summed E-state index contributed by atoms with van der Waals surface area (Å²) < 4.78 is 5.45. The topological polar surface area (TPSA) is 66.9 Å². The highest BCUT2D eigenvalue weighted by atomic mass is 127. The standard InChI is InChI=1S/C17H26N2O4.CH3I/c20-15-6-7-16(21)19(15)11-8-17(22)23-12-13-4-3-10-18-9-2-1-5-14(13)18;1-2/h13-14H,1-12H2;1H3. The molecule has 7 heteroatoms. The smallest absolute Gasteiger partial charge is 0.307 e. The molecular formula is C18H29IN2O4. The summed E-state index contributed by atoms with van der Waals surface area (Å²) in [5.41, 5.74) is 0. The van der Waals surface area contributed by atoms with Crippen molar-refractivity contribution in [3.63, 3.8) is 0 Å². The fourth-order valence-electron chi connectivity index (χ4n) is 4.12. The van der Waals surface area contributed by atoms with E-state index in [1.807, 2.05) is 4.93 Å². The molecule has 0 saturated carbocycles. The van der Waals surface area contributed by atoms with Crippen LogP contribution in [0.1, 0.15) is 51.4 Å². The number of hydrogen-bond donors (Lipinski definition) is 0. The molecule has 0 radical (unpaired) electrons. The van der Waals surface area contributed by atoms with Gasteiger partial charge < -0.3 is 4.74 Å². The van der Waals surface area contributed by atoms with Gasteiger partial charge in [-0.3, -0.25) is 24.2 Å². The number of likely N-dealkylation sites (tertiary alicyclic amines) is 1. The fraction of sp³-hybridized carbons (Fsp3) is 0.833. The Morgan fingerprint density at radius 2 is 1.76 bits per heavy atom. The second-order valence-corrected chi connectivity index (χ2v) is 6.87. The van der Waals surface area contributed by atoms with Crippen molar-refractivity contribution in [2.45, 2.75) is 57.4 Å². The molecule has 3 rings (SSSR count). The number of rotatable bonds is 5. The first-order valence-corrected chi connectivity index (χ1v) is 11.4. The third kappa shape index (κ3) is 5.64. The number of esters is 1. The highest BCUT2D eigenvalue weighted by Gasteiger charge is 2.34. The summed E-state index contributed by atoms with van der Waals surface area (Å²) in [4.78, 5) is 40.6. The van der Waals surface area contributed by atoms with Crippen LogP contribution >= 0.6 is 22.6 Å². The van der Waals surface area contributed by atoms with E-state index in [-0.39, 0.29) is 43.6 Å². The Labute approximate surface area is 163 Å². The van der Waals surface area contributed by atoms with Crippen LogP contribution in [0.15, 0.2) is 0 Å². The van der Waals surface area contributed by atoms with E-state index in [0.717, 1.165) is 6.42 Å². The predicted molar refractivity (Wildman–Crippen MR) is 103 cm³/mol. The van der Waals surface area contributed by atoms with Gasteiger partial charge in [0.25, 0.3) is 0 Å². The molecule has 3 heterocycles. The van der Waals surface area contributed by atoms with Gasteiger partial charge in [-0.1, -0.05) is 29.0 Å². The van der Waals surface area contributed by atoms with E-state index in [2.05, 4.69) is 27.5 Å². The molecule has 2 atom stereocenters. The van der Waals surface area contributed by atoms with Crippen molar-refractivity contribution in [1.29, 1.82) is 0 Å². The second kappa shape index (κ2) is 10.4. The summed E-state index contributed by atoms with van der Waals surface area (Å²) in [6.45, 7) is 2.99. The Kier molecular flexibility index (Phi) is 8.61. The number of ether oxygens (including phenoxy) is 1. The number of fused-ring (bicyclic) bond motifs is 1. The Balaban J connectivity index is 0.00000109. The third-order valence-corrected chi connectivity index (χ3v) is 5.38. The highest BCUT2D eigenvalue weighted by Crippen LogP contribution is 2.31. The Bertz CT molecular complexity index is 468. The zero-order chi connectivity index (χ0) is 18.2. The van der Waals surface area contributed by atoms with Crippen molar-refractivity contribution in [1.82, 2.24) is 9.80 Å². The molecule has 0 aromatic rings. The summed E-state index contributed by atoms with van der Waals surface area (Å²) in [6, 6.07) is 0.562. The van der Waals surface area contributed by atoms with Gasteiger partial charge in [-0.05, 0) is 43.7 Å². The van der Waals surface area contributed by atoms with E-state index >= 15 is 0 Å². The lowest BCUT2D eigenvalue weighted by Gasteiger charge is -2.44. The van der Waals surface area contributed by atoms with Crippen molar-refractivity contribution in [2.75, 3.05) is 31.2 Å². The summed E-state index contributed by atoms with van der Waals surface area (Å²) >= 11 is 2.15. The van der Waals surface area contributed by atoms with E-state index in [4.69, 9.17) is 4.74 Å². The van der Waals surface area contributed by atoms with Crippen LogP contribution in [0.25, 0.3) is 0 Å². The highest BCUT2D eigenvalue weighted by molar-refractivity contribution is 14.1. The van der Waals surface area contributed by atoms with Crippen molar-refractivity contribution >= 4 is 40.4 Å². The number of nitrogens with zero attached hydrogens (tertiary/aromatic N) is 2. The Morgan fingerprint density at radius 1 is 1.08 bits per heavy atom. The maximum absolute atomic E-state index is 11.9. The zero-order valence-corrected chi connectivity index (χ0v) is 17.2. The molecule has 3 aliphatic heterocycles. The van der Waals surface area contributed by atoms with Gasteiger partial charge in [0.05, 0.1) is 13.0 Å². The number of halogens is 1. The van der Waals surface area contributed by atoms with E-state index in [1.165, 1.54) is 43.7 Å². The molecule has 0 spiro atoms. The minimum Gasteiger partial charge on any atom is -0.465 e. The number of hydrogen-bond acceptors (Lipinski definition) is 5. The third-order valence-electron chi connectivity index (χ3n) is 5.38. The molecular weight excluding hydrogens is 435 g/mol. The molecule has 0 N–H and O–H groups in total. The molecule has 2 amide bonds. The second-order valence-electron chi connectivity index (χ2n) is 6.87.